The summed E-state index contributed by atoms with van der Waals surface area (Å²) in [5, 5.41) is 3.37. The van der Waals surface area contributed by atoms with E-state index in [2.05, 4.69) is 53.9 Å². The molecule has 0 radical (unpaired) electrons. The molecule has 0 bridgehead atoms. The molecule has 2 unspecified atom stereocenters. The van der Waals surface area contributed by atoms with E-state index in [1.54, 1.807) is 0 Å². The van der Waals surface area contributed by atoms with Gasteiger partial charge in [0.25, 0.3) is 0 Å². The topological polar surface area (TPSA) is 33.1 Å². The zero-order chi connectivity index (χ0) is 13.8. The van der Waals surface area contributed by atoms with Gasteiger partial charge in [0.05, 0.1) is 18.1 Å². The molecule has 1 saturated heterocycles. The monoisotopic (exact) mass is 264 g/mol. The van der Waals surface area contributed by atoms with Crippen molar-refractivity contribution in [1.82, 2.24) is 19.8 Å². The van der Waals surface area contributed by atoms with E-state index in [-0.39, 0.29) is 0 Å². The second kappa shape index (κ2) is 6.53. The highest BCUT2D eigenvalue weighted by molar-refractivity contribution is 5.09. The number of imidazole rings is 1. The van der Waals surface area contributed by atoms with Crippen LogP contribution in [-0.2, 0) is 0 Å². The second-order valence-electron chi connectivity index (χ2n) is 6.06. The normalized spacial score (nSPS) is 25.7. The van der Waals surface area contributed by atoms with Crippen LogP contribution >= 0.6 is 0 Å². The van der Waals surface area contributed by atoms with Gasteiger partial charge in [0.15, 0.2) is 0 Å². The maximum Gasteiger partial charge on any atom is 0.0951 e. The Balaban J connectivity index is 2.31. The van der Waals surface area contributed by atoms with Gasteiger partial charge >= 0.3 is 0 Å². The molecule has 1 aliphatic rings. The molecule has 19 heavy (non-hydrogen) atoms. The zero-order valence-electron chi connectivity index (χ0n) is 12.8. The first-order chi connectivity index (χ1) is 9.15. The van der Waals surface area contributed by atoms with Crippen molar-refractivity contribution in [3.8, 4) is 0 Å². The van der Waals surface area contributed by atoms with Crippen molar-refractivity contribution in [2.75, 3.05) is 27.2 Å². The van der Waals surface area contributed by atoms with E-state index < -0.39 is 0 Å². The van der Waals surface area contributed by atoms with Crippen LogP contribution in [0.15, 0.2) is 12.5 Å². The summed E-state index contributed by atoms with van der Waals surface area (Å²) >= 11 is 0. The fraction of sp³-hybridized carbons (Fsp3) is 0.800. The molecule has 0 amide bonds. The highest BCUT2D eigenvalue weighted by Gasteiger charge is 2.31. The van der Waals surface area contributed by atoms with Crippen LogP contribution in [0.2, 0.25) is 0 Å². The Kier molecular flexibility index (Phi) is 4.99. The fourth-order valence-corrected chi connectivity index (χ4v) is 3.34. The van der Waals surface area contributed by atoms with Crippen LogP contribution in [0, 0.1) is 5.92 Å². The summed E-state index contributed by atoms with van der Waals surface area (Å²) in [7, 11) is 4.32. The summed E-state index contributed by atoms with van der Waals surface area (Å²) in [6.07, 6.45) is 8.00. The number of rotatable bonds is 4. The van der Waals surface area contributed by atoms with Crippen LogP contribution in [0.1, 0.15) is 50.9 Å². The number of aromatic nitrogens is 2. The lowest BCUT2D eigenvalue weighted by Crippen LogP contribution is -2.35. The van der Waals surface area contributed by atoms with Crippen molar-refractivity contribution in [3.05, 3.63) is 18.2 Å². The lowest BCUT2D eigenvalue weighted by molar-refractivity contribution is 0.180. The number of hydrogen-bond donors (Lipinski definition) is 1. The first kappa shape index (κ1) is 14.5. The lowest BCUT2D eigenvalue weighted by Gasteiger charge is -2.33. The third kappa shape index (κ3) is 3.18. The van der Waals surface area contributed by atoms with Crippen molar-refractivity contribution in [2.24, 2.45) is 5.92 Å². The molecule has 0 saturated carbocycles. The SMILES string of the molecule is CNCC1CCCCN(C)C1c1cncn1C(C)C. The summed E-state index contributed by atoms with van der Waals surface area (Å²) in [6, 6.07) is 0.962. The van der Waals surface area contributed by atoms with Gasteiger partial charge < -0.3 is 9.88 Å². The van der Waals surface area contributed by atoms with Crippen LogP contribution in [0.3, 0.4) is 0 Å². The van der Waals surface area contributed by atoms with Gasteiger partial charge in [-0.05, 0) is 59.8 Å². The Morgan fingerprint density at radius 3 is 2.89 bits per heavy atom. The van der Waals surface area contributed by atoms with Crippen molar-refractivity contribution < 1.29 is 0 Å². The molecular formula is C15H28N4. The first-order valence-electron chi connectivity index (χ1n) is 7.51. The van der Waals surface area contributed by atoms with E-state index in [1.807, 2.05) is 6.33 Å². The minimum atomic E-state index is 0.476. The largest absolute Gasteiger partial charge is 0.331 e. The molecule has 0 spiro atoms. The highest BCUT2D eigenvalue weighted by Crippen LogP contribution is 2.34. The highest BCUT2D eigenvalue weighted by atomic mass is 15.2. The van der Waals surface area contributed by atoms with Crippen LogP contribution in [-0.4, -0.2) is 41.6 Å². The average Bonchev–Trinajstić information content (AvgIpc) is 2.77. The quantitative estimate of drug-likeness (QED) is 0.907. The summed E-state index contributed by atoms with van der Waals surface area (Å²) in [4.78, 5) is 6.91. The molecule has 4 nitrogen and oxygen atoms in total. The minimum Gasteiger partial charge on any atom is -0.331 e. The Bertz CT molecular complexity index is 385. The second-order valence-corrected chi connectivity index (χ2v) is 6.06. The molecule has 2 rings (SSSR count). The zero-order valence-corrected chi connectivity index (χ0v) is 12.8. The third-order valence-electron chi connectivity index (χ3n) is 4.28. The van der Waals surface area contributed by atoms with Gasteiger partial charge in [0.2, 0.25) is 0 Å². The van der Waals surface area contributed by atoms with E-state index in [4.69, 9.17) is 0 Å². The van der Waals surface area contributed by atoms with Gasteiger partial charge in [-0.2, -0.15) is 0 Å². The first-order valence-corrected chi connectivity index (χ1v) is 7.51. The summed E-state index contributed by atoms with van der Waals surface area (Å²) in [5.74, 6) is 0.673. The predicted molar refractivity (Wildman–Crippen MR) is 79.3 cm³/mol. The molecular weight excluding hydrogens is 236 g/mol. The maximum absolute atomic E-state index is 4.39. The van der Waals surface area contributed by atoms with Crippen LogP contribution in [0.5, 0.6) is 0 Å². The van der Waals surface area contributed by atoms with Crippen molar-refractivity contribution in [3.63, 3.8) is 0 Å². The van der Waals surface area contributed by atoms with Crippen LogP contribution < -0.4 is 5.32 Å². The van der Waals surface area contributed by atoms with E-state index in [1.165, 1.54) is 31.5 Å². The summed E-state index contributed by atoms with van der Waals surface area (Å²) in [5.41, 5.74) is 1.37. The van der Waals surface area contributed by atoms with Gasteiger partial charge in [-0.25, -0.2) is 4.98 Å². The number of likely N-dealkylation sites (tertiary alicyclic amines) is 1. The molecule has 0 aliphatic carbocycles. The average molecular weight is 264 g/mol. The number of nitrogens with one attached hydrogen (secondary N) is 1. The molecule has 0 aromatic carbocycles. The summed E-state index contributed by atoms with van der Waals surface area (Å²) < 4.78 is 2.33. The molecule has 108 valence electrons. The fourth-order valence-electron chi connectivity index (χ4n) is 3.34. The Morgan fingerprint density at radius 2 is 2.21 bits per heavy atom. The molecule has 1 N–H and O–H groups in total. The molecule has 1 aromatic heterocycles. The minimum absolute atomic E-state index is 0.476. The van der Waals surface area contributed by atoms with Gasteiger partial charge in [-0.15, -0.1) is 0 Å². The van der Waals surface area contributed by atoms with Crippen molar-refractivity contribution in [1.29, 1.82) is 0 Å². The third-order valence-corrected chi connectivity index (χ3v) is 4.28. The molecule has 1 aromatic rings. The van der Waals surface area contributed by atoms with E-state index in [9.17, 15) is 0 Å². The van der Waals surface area contributed by atoms with Gasteiger partial charge in [0.1, 0.15) is 0 Å². The smallest absolute Gasteiger partial charge is 0.0951 e. The van der Waals surface area contributed by atoms with E-state index >= 15 is 0 Å². The Hall–Kier alpha value is -0.870. The van der Waals surface area contributed by atoms with Gasteiger partial charge in [-0.3, -0.25) is 4.90 Å². The molecule has 2 heterocycles. The Labute approximate surface area is 117 Å². The number of hydrogen-bond acceptors (Lipinski definition) is 3. The standard InChI is InChI=1S/C15H28N4/c1-12(2)19-11-17-10-14(19)15-13(9-16-3)7-5-6-8-18(15)4/h10-13,15-16H,5-9H2,1-4H3. The van der Waals surface area contributed by atoms with Gasteiger partial charge in [0, 0.05) is 12.2 Å². The lowest BCUT2D eigenvalue weighted by atomic mass is 9.92. The number of nitrogens with zero attached hydrogens (tertiary/aromatic N) is 3. The van der Waals surface area contributed by atoms with Gasteiger partial charge in [-0.1, -0.05) is 6.42 Å². The summed E-state index contributed by atoms with van der Waals surface area (Å²) in [6.45, 7) is 6.73. The van der Waals surface area contributed by atoms with E-state index in [0.717, 1.165) is 6.54 Å². The van der Waals surface area contributed by atoms with Crippen LogP contribution in [0.25, 0.3) is 0 Å². The van der Waals surface area contributed by atoms with Crippen molar-refractivity contribution in [2.45, 2.75) is 45.2 Å². The molecule has 1 fully saturated rings. The van der Waals surface area contributed by atoms with Crippen molar-refractivity contribution >= 4 is 0 Å². The molecule has 4 heteroatoms. The van der Waals surface area contributed by atoms with Crippen LogP contribution in [0.4, 0.5) is 0 Å². The molecule has 2 atom stereocenters. The Morgan fingerprint density at radius 1 is 1.42 bits per heavy atom. The van der Waals surface area contributed by atoms with E-state index in [0.29, 0.717) is 18.0 Å². The maximum atomic E-state index is 4.39. The molecule has 1 aliphatic heterocycles. The predicted octanol–water partition coefficient (Wildman–Crippen LogP) is 2.46.